The van der Waals surface area contributed by atoms with Crippen molar-refractivity contribution in [1.82, 2.24) is 4.98 Å². The normalized spacial score (nSPS) is 8.50. The second kappa shape index (κ2) is 1.62. The van der Waals surface area contributed by atoms with Crippen molar-refractivity contribution in [1.29, 1.82) is 5.26 Å². The molecule has 1 heterocycles. The summed E-state index contributed by atoms with van der Waals surface area (Å²) in [5.41, 5.74) is -0.0394. The van der Waals surface area contributed by atoms with E-state index in [1.807, 2.05) is 0 Å². The van der Waals surface area contributed by atoms with Gasteiger partial charge < -0.3 is 4.42 Å². The highest BCUT2D eigenvalue weighted by atomic mass is 19.1. The van der Waals surface area contributed by atoms with Crippen LogP contribution in [0.1, 0.15) is 5.69 Å². The number of aromatic nitrogens is 1. The second-order valence-corrected chi connectivity index (χ2v) is 1.10. The van der Waals surface area contributed by atoms with Crippen molar-refractivity contribution in [3.05, 3.63) is 18.1 Å². The van der Waals surface area contributed by atoms with Crippen molar-refractivity contribution in [2.45, 2.75) is 0 Å². The first kappa shape index (κ1) is 4.78. The summed E-state index contributed by atoms with van der Waals surface area (Å²) in [6.07, 6.45) is -0.0171. The molecule has 0 fully saturated rings. The molecule has 0 atom stereocenters. The maximum atomic E-state index is 11.7. The third kappa shape index (κ3) is 0.658. The first-order chi connectivity index (χ1) is 3.83. The minimum Gasteiger partial charge on any atom is -0.422 e. The Morgan fingerprint density at radius 1 is 1.88 bits per heavy atom. The lowest BCUT2D eigenvalue weighted by Gasteiger charge is -1.62. The molecule has 1 aromatic heterocycles. The summed E-state index contributed by atoms with van der Waals surface area (Å²) in [6, 6.07) is 1.60. The molecule has 0 aliphatic carbocycles. The molecule has 8 heavy (non-hydrogen) atoms. The highest BCUT2D eigenvalue weighted by Gasteiger charge is 1.97. The van der Waals surface area contributed by atoms with E-state index in [0.717, 1.165) is 6.26 Å². The summed E-state index contributed by atoms with van der Waals surface area (Å²) >= 11 is 0. The van der Waals surface area contributed by atoms with E-state index in [2.05, 4.69) is 9.40 Å². The minimum absolute atomic E-state index is 0.0394. The smallest absolute Gasteiger partial charge is 0.382 e. The van der Waals surface area contributed by atoms with Crippen LogP contribution in [0.3, 0.4) is 0 Å². The van der Waals surface area contributed by atoms with Gasteiger partial charge in [-0.1, -0.05) is 0 Å². The van der Waals surface area contributed by atoms with E-state index >= 15 is 0 Å². The average molecular weight is 112 g/mol. The van der Waals surface area contributed by atoms with Crippen LogP contribution >= 0.6 is 0 Å². The van der Waals surface area contributed by atoms with Crippen LogP contribution in [-0.2, 0) is 0 Å². The predicted molar refractivity (Wildman–Crippen MR) is 21.2 cm³/mol. The average Bonchev–Trinajstić information content (AvgIpc) is 2.14. The van der Waals surface area contributed by atoms with Gasteiger partial charge in [0.25, 0.3) is 0 Å². The van der Waals surface area contributed by atoms with E-state index < -0.39 is 6.14 Å². The third-order valence-corrected chi connectivity index (χ3v) is 0.591. The Morgan fingerprint density at radius 2 is 2.62 bits per heavy atom. The molecule has 0 bridgehead atoms. The fourth-order valence-electron chi connectivity index (χ4n) is 0.303. The molecule has 0 unspecified atom stereocenters. The first-order valence-corrected chi connectivity index (χ1v) is 1.84. The summed E-state index contributed by atoms with van der Waals surface area (Å²) in [6.45, 7) is 0. The number of hydrogen-bond acceptors (Lipinski definition) is 3. The Kier molecular flexibility index (Phi) is 0.968. The molecule has 0 aromatic carbocycles. The number of halogens is 1. The van der Waals surface area contributed by atoms with Gasteiger partial charge in [-0.05, 0) is 0 Å². The number of hydrogen-bond donors (Lipinski definition) is 0. The maximum Gasteiger partial charge on any atom is 0.382 e. The molecule has 1 aromatic rings. The van der Waals surface area contributed by atoms with Gasteiger partial charge in [-0.2, -0.15) is 10.2 Å². The maximum absolute atomic E-state index is 11.7. The molecule has 0 radical (unpaired) electrons. The molecule has 0 N–H and O–H groups in total. The Bertz CT molecular complexity index is 224. The quantitative estimate of drug-likeness (QED) is 0.496. The van der Waals surface area contributed by atoms with Crippen LogP contribution in [0, 0.1) is 17.5 Å². The van der Waals surface area contributed by atoms with Crippen LogP contribution in [0.15, 0.2) is 10.7 Å². The van der Waals surface area contributed by atoms with Gasteiger partial charge in [-0.3, -0.25) is 0 Å². The van der Waals surface area contributed by atoms with Crippen molar-refractivity contribution < 1.29 is 8.81 Å². The van der Waals surface area contributed by atoms with Gasteiger partial charge in [0.05, 0.1) is 0 Å². The first-order valence-electron chi connectivity index (χ1n) is 1.84. The Balaban J connectivity index is 3.05. The van der Waals surface area contributed by atoms with Crippen LogP contribution in [0.2, 0.25) is 0 Å². The lowest BCUT2D eigenvalue weighted by Crippen LogP contribution is -1.71. The highest BCUT2D eigenvalue weighted by molar-refractivity contribution is 5.12. The van der Waals surface area contributed by atoms with Gasteiger partial charge in [0.15, 0.2) is 5.69 Å². The van der Waals surface area contributed by atoms with Gasteiger partial charge in [-0.25, -0.2) is 0 Å². The molecule has 0 spiro atoms. The SMILES string of the molecule is N#Cc1coc(F)n1. The van der Waals surface area contributed by atoms with E-state index in [1.165, 1.54) is 0 Å². The molecule has 40 valence electrons. The zero-order chi connectivity index (χ0) is 5.98. The van der Waals surface area contributed by atoms with Crippen LogP contribution in [0.25, 0.3) is 0 Å². The molecule has 0 aliphatic rings. The third-order valence-electron chi connectivity index (χ3n) is 0.591. The number of nitriles is 1. The van der Waals surface area contributed by atoms with Crippen LogP contribution in [-0.4, -0.2) is 4.98 Å². The van der Waals surface area contributed by atoms with Crippen molar-refractivity contribution in [2.24, 2.45) is 0 Å². The van der Waals surface area contributed by atoms with Crippen molar-refractivity contribution in [3.8, 4) is 6.07 Å². The minimum atomic E-state index is -0.971. The van der Waals surface area contributed by atoms with Crippen molar-refractivity contribution in [2.75, 3.05) is 0 Å². The van der Waals surface area contributed by atoms with E-state index in [1.54, 1.807) is 6.07 Å². The lowest BCUT2D eigenvalue weighted by atomic mass is 10.6. The molecular weight excluding hydrogens is 111 g/mol. The largest absolute Gasteiger partial charge is 0.422 e. The summed E-state index contributed by atoms with van der Waals surface area (Å²) < 4.78 is 15.7. The van der Waals surface area contributed by atoms with Gasteiger partial charge in [0, 0.05) is 0 Å². The Morgan fingerprint density at radius 3 is 2.88 bits per heavy atom. The second-order valence-electron chi connectivity index (χ2n) is 1.10. The van der Waals surface area contributed by atoms with Gasteiger partial charge >= 0.3 is 6.14 Å². The molecule has 0 amide bonds. The molecule has 0 aliphatic heterocycles. The van der Waals surface area contributed by atoms with E-state index in [0.29, 0.717) is 0 Å². The van der Waals surface area contributed by atoms with Crippen LogP contribution in [0.5, 0.6) is 0 Å². The molecular formula is C4HFN2O. The van der Waals surface area contributed by atoms with Crippen LogP contribution < -0.4 is 0 Å². The van der Waals surface area contributed by atoms with Gasteiger partial charge in [0.1, 0.15) is 12.3 Å². The van der Waals surface area contributed by atoms with E-state index in [4.69, 9.17) is 5.26 Å². The summed E-state index contributed by atoms with van der Waals surface area (Å²) in [7, 11) is 0. The zero-order valence-corrected chi connectivity index (χ0v) is 3.76. The highest BCUT2D eigenvalue weighted by Crippen LogP contribution is 1.95. The number of nitrogens with zero attached hydrogens (tertiary/aromatic N) is 2. The standard InChI is InChI=1S/C4HFN2O/c5-4-7-3(1-6)2-8-4/h2H. The monoisotopic (exact) mass is 112 g/mol. The van der Waals surface area contributed by atoms with E-state index in [-0.39, 0.29) is 5.69 Å². The molecule has 4 heteroatoms. The lowest BCUT2D eigenvalue weighted by molar-refractivity contribution is 0.336. The van der Waals surface area contributed by atoms with Crippen molar-refractivity contribution >= 4 is 0 Å². The summed E-state index contributed by atoms with van der Waals surface area (Å²) in [5.74, 6) is 0. The van der Waals surface area contributed by atoms with Crippen LogP contribution in [0.4, 0.5) is 4.39 Å². The summed E-state index contributed by atoms with van der Waals surface area (Å²) in [4.78, 5) is 3.03. The topological polar surface area (TPSA) is 49.8 Å². The fraction of sp³-hybridized carbons (Fsp3) is 0. The summed E-state index contributed by atoms with van der Waals surface area (Å²) in [5, 5.41) is 8.01. The molecule has 0 saturated heterocycles. The van der Waals surface area contributed by atoms with Gasteiger partial charge in [-0.15, -0.1) is 4.39 Å². The Hall–Kier alpha value is -1.37. The fourth-order valence-corrected chi connectivity index (χ4v) is 0.303. The molecule has 1 rings (SSSR count). The molecule has 0 saturated carbocycles. The predicted octanol–water partition coefficient (Wildman–Crippen LogP) is 0.685. The van der Waals surface area contributed by atoms with Crippen molar-refractivity contribution in [3.63, 3.8) is 0 Å². The zero-order valence-electron chi connectivity index (χ0n) is 3.76. The number of rotatable bonds is 0. The van der Waals surface area contributed by atoms with E-state index in [9.17, 15) is 4.39 Å². The Labute approximate surface area is 44.4 Å². The van der Waals surface area contributed by atoms with Gasteiger partial charge in [0.2, 0.25) is 0 Å². The molecule has 3 nitrogen and oxygen atoms in total. The number of oxazole rings is 1.